The SMILES string of the molecule is CC.C[C@@H](c1nc(-c2ccc(-c3ccc(-c4csc([C@H](C)[C@](O)(Cn5cncn5)c5cc(F)ccc5F)n4)cc3)cc2)cs1)[C@](O)(Cn1cncn1)c1cc(F)ccc1F. The van der Waals surface area contributed by atoms with Gasteiger partial charge in [-0.3, -0.25) is 0 Å². The maximum absolute atomic E-state index is 15.1. The highest BCUT2D eigenvalue weighted by atomic mass is 32.1. The van der Waals surface area contributed by atoms with Crippen LogP contribution >= 0.6 is 22.7 Å². The highest BCUT2D eigenvalue weighted by Crippen LogP contribution is 2.43. The van der Waals surface area contributed by atoms with E-state index in [2.05, 4.69) is 20.2 Å². The second kappa shape index (κ2) is 17.7. The van der Waals surface area contributed by atoms with Crippen LogP contribution in [0.5, 0.6) is 0 Å². The number of hydrogen-bond donors (Lipinski definition) is 2. The molecule has 8 aromatic rings. The van der Waals surface area contributed by atoms with Crippen LogP contribution < -0.4 is 0 Å². The van der Waals surface area contributed by atoms with Gasteiger partial charge in [0, 0.05) is 44.8 Å². The molecule has 10 nitrogen and oxygen atoms in total. The number of aliphatic hydroxyl groups is 2. The molecule has 0 aliphatic rings. The first-order valence-corrected chi connectivity index (χ1v) is 20.8. The molecule has 0 spiro atoms. The van der Waals surface area contributed by atoms with Gasteiger partial charge in [0.25, 0.3) is 0 Å². The summed E-state index contributed by atoms with van der Waals surface area (Å²) in [6, 6.07) is 21.7. The Bertz CT molecular complexity index is 2470. The van der Waals surface area contributed by atoms with E-state index in [1.165, 1.54) is 57.3 Å². The lowest BCUT2D eigenvalue weighted by molar-refractivity contribution is -0.0117. The van der Waals surface area contributed by atoms with E-state index in [0.717, 1.165) is 58.7 Å². The number of rotatable bonds is 13. The van der Waals surface area contributed by atoms with Gasteiger partial charge in [-0.15, -0.1) is 22.7 Å². The maximum Gasteiger partial charge on any atom is 0.137 e. The predicted octanol–water partition coefficient (Wildman–Crippen LogP) is 9.75. The highest BCUT2D eigenvalue weighted by molar-refractivity contribution is 7.10. The fourth-order valence-corrected chi connectivity index (χ4v) is 8.95. The van der Waals surface area contributed by atoms with E-state index in [0.29, 0.717) is 21.4 Å². The largest absolute Gasteiger partial charge is 0.382 e. The molecule has 16 heteroatoms. The second-order valence-electron chi connectivity index (χ2n) is 14.0. The molecule has 4 atom stereocenters. The van der Waals surface area contributed by atoms with Crippen LogP contribution in [0, 0.1) is 23.3 Å². The van der Waals surface area contributed by atoms with Crippen molar-refractivity contribution >= 4 is 22.7 Å². The van der Waals surface area contributed by atoms with Crippen molar-refractivity contribution in [2.45, 2.75) is 63.8 Å². The molecule has 308 valence electrons. The summed E-state index contributed by atoms with van der Waals surface area (Å²) in [7, 11) is 0. The highest BCUT2D eigenvalue weighted by Gasteiger charge is 2.43. The van der Waals surface area contributed by atoms with Crippen molar-refractivity contribution in [1.29, 1.82) is 0 Å². The second-order valence-corrected chi connectivity index (χ2v) is 15.8. The minimum Gasteiger partial charge on any atom is -0.382 e. The smallest absolute Gasteiger partial charge is 0.137 e. The standard InChI is InChI=1S/C42H34F4N8O2S2.C2H6/c1-25(41(55,19-53-23-47-21-49-53)33-15-31(43)11-13-35(33)45)39-51-37(17-57-39)29-7-3-27(4-8-29)28-5-9-30(10-6-28)38-18-58-40(52-38)26(2)42(56,20-54-24-48-22-50-54)34-16-32(44)12-14-36(34)46;1-2/h3-18,21-26,55-56H,19-20H2,1-2H3;1-2H3/t25-,26-,41+,42+;/m0./s1. The van der Waals surface area contributed by atoms with Gasteiger partial charge in [0.1, 0.15) is 59.8 Å². The van der Waals surface area contributed by atoms with E-state index in [-0.39, 0.29) is 24.2 Å². The first-order valence-electron chi connectivity index (χ1n) is 19.0. The van der Waals surface area contributed by atoms with E-state index in [1.807, 2.05) is 73.1 Å². The Morgan fingerprint density at radius 3 is 1.28 bits per heavy atom. The van der Waals surface area contributed by atoms with Gasteiger partial charge < -0.3 is 10.2 Å². The Morgan fingerprint density at radius 2 is 0.933 bits per heavy atom. The van der Waals surface area contributed by atoms with Crippen LogP contribution in [0.1, 0.15) is 60.7 Å². The van der Waals surface area contributed by atoms with Gasteiger partial charge in [0.15, 0.2) is 0 Å². The maximum atomic E-state index is 15.1. The van der Waals surface area contributed by atoms with E-state index >= 15 is 8.78 Å². The van der Waals surface area contributed by atoms with Gasteiger partial charge in [0.2, 0.25) is 0 Å². The van der Waals surface area contributed by atoms with Crippen molar-refractivity contribution in [2.24, 2.45) is 0 Å². The molecule has 60 heavy (non-hydrogen) atoms. The first-order chi connectivity index (χ1) is 28.9. The van der Waals surface area contributed by atoms with Crippen molar-refractivity contribution in [3.05, 3.63) is 165 Å². The Hall–Kier alpha value is -5.94. The number of hydrogen-bond acceptors (Lipinski definition) is 10. The fourth-order valence-electron chi connectivity index (χ4n) is 7.01. The molecule has 4 heterocycles. The molecular formula is C44H40F4N8O2S2. The first kappa shape index (κ1) is 42.2. The average Bonchev–Trinajstić information content (AvgIpc) is 4.12. The van der Waals surface area contributed by atoms with Crippen molar-refractivity contribution in [3.8, 4) is 33.6 Å². The third-order valence-corrected chi connectivity index (χ3v) is 12.5. The molecular weight excluding hydrogens is 813 g/mol. The summed E-state index contributed by atoms with van der Waals surface area (Å²) in [4.78, 5) is 17.5. The Labute approximate surface area is 351 Å². The van der Waals surface area contributed by atoms with Crippen LogP contribution in [-0.2, 0) is 24.3 Å². The quantitative estimate of drug-likeness (QED) is 0.110. The monoisotopic (exact) mass is 852 g/mol. The van der Waals surface area contributed by atoms with Crippen molar-refractivity contribution in [1.82, 2.24) is 39.5 Å². The summed E-state index contributed by atoms with van der Waals surface area (Å²) in [5.74, 6) is -4.33. The Morgan fingerprint density at radius 1 is 0.567 bits per heavy atom. The molecule has 0 amide bonds. The van der Waals surface area contributed by atoms with Crippen LogP contribution in [0.25, 0.3) is 33.6 Å². The lowest BCUT2D eigenvalue weighted by atomic mass is 9.82. The number of benzene rings is 4. The molecule has 0 aliphatic carbocycles. The third kappa shape index (κ3) is 8.54. The summed E-state index contributed by atoms with van der Waals surface area (Å²) in [6.07, 6.45) is 5.41. The van der Waals surface area contributed by atoms with Crippen LogP contribution in [0.3, 0.4) is 0 Å². The third-order valence-electron chi connectivity index (χ3n) is 10.4. The van der Waals surface area contributed by atoms with Gasteiger partial charge >= 0.3 is 0 Å². The molecule has 8 rings (SSSR count). The summed E-state index contributed by atoms with van der Waals surface area (Å²) in [6.45, 7) is 7.09. The van der Waals surface area contributed by atoms with Crippen LogP contribution in [0.4, 0.5) is 17.6 Å². The topological polar surface area (TPSA) is 128 Å². The predicted molar refractivity (Wildman–Crippen MR) is 223 cm³/mol. The minimum absolute atomic E-state index is 0.175. The Kier molecular flexibility index (Phi) is 12.5. The summed E-state index contributed by atoms with van der Waals surface area (Å²) < 4.78 is 61.6. The van der Waals surface area contributed by atoms with Gasteiger partial charge in [0.05, 0.1) is 34.5 Å². The zero-order valence-corrected chi connectivity index (χ0v) is 34.5. The molecule has 0 fully saturated rings. The van der Waals surface area contributed by atoms with Gasteiger partial charge in [-0.2, -0.15) is 10.2 Å². The van der Waals surface area contributed by atoms with E-state index in [9.17, 15) is 19.0 Å². The Balaban J connectivity index is 0.00000268. The van der Waals surface area contributed by atoms with Crippen LogP contribution in [-0.4, -0.2) is 49.7 Å². The summed E-state index contributed by atoms with van der Waals surface area (Å²) >= 11 is 2.62. The van der Waals surface area contributed by atoms with Gasteiger partial charge in [-0.05, 0) is 47.5 Å². The average molecular weight is 853 g/mol. The van der Waals surface area contributed by atoms with Crippen LogP contribution in [0.2, 0.25) is 0 Å². The zero-order valence-electron chi connectivity index (χ0n) is 32.9. The van der Waals surface area contributed by atoms with Crippen LogP contribution in [0.15, 0.2) is 121 Å². The molecule has 0 bridgehead atoms. The summed E-state index contributed by atoms with van der Waals surface area (Å²) in [5, 5.41) is 36.9. The molecule has 0 radical (unpaired) electrons. The van der Waals surface area contributed by atoms with E-state index < -0.39 is 46.3 Å². The van der Waals surface area contributed by atoms with Crippen molar-refractivity contribution in [2.75, 3.05) is 0 Å². The number of thiazole rings is 2. The van der Waals surface area contributed by atoms with Gasteiger partial charge in [-0.1, -0.05) is 76.2 Å². The molecule has 0 saturated carbocycles. The summed E-state index contributed by atoms with van der Waals surface area (Å²) in [5.41, 5.74) is 0.707. The lowest BCUT2D eigenvalue weighted by Crippen LogP contribution is -2.38. The molecule has 0 unspecified atom stereocenters. The molecule has 4 aromatic carbocycles. The molecule has 2 N–H and O–H groups in total. The lowest BCUT2D eigenvalue weighted by Gasteiger charge is -2.33. The number of nitrogens with zero attached hydrogens (tertiary/aromatic N) is 8. The molecule has 0 saturated heterocycles. The zero-order chi connectivity index (χ0) is 42.6. The number of aromatic nitrogens is 8. The van der Waals surface area contributed by atoms with Gasteiger partial charge in [-0.25, -0.2) is 46.9 Å². The fraction of sp³-hybridized carbons (Fsp3) is 0.227. The molecule has 4 aromatic heterocycles. The molecule has 0 aliphatic heterocycles. The van der Waals surface area contributed by atoms with E-state index in [1.54, 1.807) is 13.8 Å². The minimum atomic E-state index is -1.90. The van der Waals surface area contributed by atoms with Crippen molar-refractivity contribution in [3.63, 3.8) is 0 Å². The van der Waals surface area contributed by atoms with E-state index in [4.69, 9.17) is 9.97 Å². The van der Waals surface area contributed by atoms with Crippen molar-refractivity contribution < 1.29 is 27.8 Å². The number of halogens is 4. The normalized spacial score (nSPS) is 14.4.